The minimum Gasteiger partial charge on any atom is -0.0842 e. The van der Waals surface area contributed by atoms with Crippen molar-refractivity contribution in [3.63, 3.8) is 0 Å². The third kappa shape index (κ3) is 2.75. The van der Waals surface area contributed by atoms with Gasteiger partial charge in [-0.3, -0.25) is 0 Å². The predicted octanol–water partition coefficient (Wildman–Crippen LogP) is 7.31. The third-order valence-corrected chi connectivity index (χ3v) is 6.90. The second kappa shape index (κ2) is 6.31. The van der Waals surface area contributed by atoms with Crippen LogP contribution in [-0.4, -0.2) is 0 Å². The molecule has 0 spiro atoms. The Morgan fingerprint density at radius 1 is 1.20 bits per heavy atom. The molecule has 1 aromatic carbocycles. The van der Waals surface area contributed by atoms with Crippen molar-refractivity contribution in [1.29, 1.82) is 0 Å². The van der Waals surface area contributed by atoms with E-state index in [9.17, 15) is 0 Å². The lowest BCUT2D eigenvalue weighted by molar-refractivity contribution is 0.414. The van der Waals surface area contributed by atoms with Crippen molar-refractivity contribution in [2.24, 2.45) is 11.8 Å². The van der Waals surface area contributed by atoms with Gasteiger partial charge in [0.1, 0.15) is 0 Å². The molecule has 0 saturated carbocycles. The van der Waals surface area contributed by atoms with Gasteiger partial charge in [-0.1, -0.05) is 64.5 Å². The molecule has 132 valence electrons. The van der Waals surface area contributed by atoms with Gasteiger partial charge in [0.2, 0.25) is 0 Å². The lowest BCUT2D eigenvalue weighted by Crippen LogP contribution is -2.17. The summed E-state index contributed by atoms with van der Waals surface area (Å²) < 4.78 is 0. The Kier molecular flexibility index (Phi) is 4.26. The fourth-order valence-corrected chi connectivity index (χ4v) is 5.30. The molecule has 0 fully saturated rings. The van der Waals surface area contributed by atoms with Crippen LogP contribution in [0, 0.1) is 11.8 Å². The molecule has 0 radical (unpaired) electrons. The van der Waals surface area contributed by atoms with Gasteiger partial charge in [-0.2, -0.15) is 0 Å². The molecule has 3 aliphatic rings. The molecule has 0 nitrogen and oxygen atoms in total. The van der Waals surface area contributed by atoms with Crippen LogP contribution in [0.2, 0.25) is 0 Å². The largest absolute Gasteiger partial charge is 0.0842 e. The van der Waals surface area contributed by atoms with Crippen molar-refractivity contribution in [2.75, 3.05) is 0 Å². The van der Waals surface area contributed by atoms with Crippen LogP contribution in [0.3, 0.4) is 0 Å². The summed E-state index contributed by atoms with van der Waals surface area (Å²) in [6.45, 7) is 9.58. The summed E-state index contributed by atoms with van der Waals surface area (Å²) >= 11 is 0. The normalized spacial score (nSPS) is 27.6. The molecule has 0 amide bonds. The fraction of sp³-hybridized carbons (Fsp3) is 0.520. The monoisotopic (exact) mass is 332 g/mol. The van der Waals surface area contributed by atoms with Gasteiger partial charge in [-0.15, -0.1) is 0 Å². The molecule has 0 heterocycles. The molecule has 0 saturated heterocycles. The number of hydrogen-bond acceptors (Lipinski definition) is 0. The second-order valence-electron chi connectivity index (χ2n) is 8.88. The highest BCUT2D eigenvalue weighted by Gasteiger charge is 2.37. The molecular weight excluding hydrogens is 300 g/mol. The number of benzene rings is 1. The smallest absolute Gasteiger partial charge is 0.0155 e. The first-order chi connectivity index (χ1) is 12.0. The summed E-state index contributed by atoms with van der Waals surface area (Å²) in [5.74, 6) is 1.57. The molecule has 2 atom stereocenters. The first-order valence-electron chi connectivity index (χ1n) is 10.3. The van der Waals surface area contributed by atoms with Gasteiger partial charge in [0.25, 0.3) is 0 Å². The van der Waals surface area contributed by atoms with Crippen LogP contribution >= 0.6 is 0 Å². The van der Waals surface area contributed by atoms with Crippen LogP contribution in [0.15, 0.2) is 42.0 Å². The predicted molar refractivity (Wildman–Crippen MR) is 110 cm³/mol. The van der Waals surface area contributed by atoms with Crippen LogP contribution in [0.25, 0.3) is 11.1 Å². The van der Waals surface area contributed by atoms with Gasteiger partial charge in [-0.05, 0) is 83.4 Å². The maximum absolute atomic E-state index is 2.53. The summed E-state index contributed by atoms with van der Waals surface area (Å²) in [6.07, 6.45) is 15.0. The van der Waals surface area contributed by atoms with Crippen molar-refractivity contribution in [3.8, 4) is 0 Å². The van der Waals surface area contributed by atoms with Crippen LogP contribution < -0.4 is 0 Å². The third-order valence-electron chi connectivity index (χ3n) is 6.90. The van der Waals surface area contributed by atoms with E-state index >= 15 is 0 Å². The average molecular weight is 333 g/mol. The number of allylic oxidation sites excluding steroid dienone is 6. The van der Waals surface area contributed by atoms with Crippen LogP contribution in [-0.2, 0) is 5.41 Å². The zero-order valence-corrected chi connectivity index (χ0v) is 16.4. The van der Waals surface area contributed by atoms with Gasteiger partial charge in [0.05, 0.1) is 0 Å². The van der Waals surface area contributed by atoms with E-state index < -0.39 is 0 Å². The van der Waals surface area contributed by atoms with E-state index in [0.29, 0.717) is 5.92 Å². The maximum Gasteiger partial charge on any atom is 0.0155 e. The molecular formula is C25H32. The standard InChI is InChI=1S/C25H32/c1-5-18-11-13-20(17(2)15-18)19-12-14-22-21-9-7-6-8-10-23(21)25(3,4)24(22)16-19/h8,10,12-14,16-18H,5-7,9,11,15H2,1-4H3/t17?,18-/m1/s1. The lowest BCUT2D eigenvalue weighted by atomic mass is 9.76. The zero-order valence-electron chi connectivity index (χ0n) is 16.4. The maximum atomic E-state index is 2.53. The summed E-state index contributed by atoms with van der Waals surface area (Å²) in [6, 6.07) is 7.34. The van der Waals surface area contributed by atoms with E-state index in [0.717, 1.165) is 5.92 Å². The van der Waals surface area contributed by atoms with Crippen molar-refractivity contribution in [1.82, 2.24) is 0 Å². The second-order valence-corrected chi connectivity index (χ2v) is 8.88. The van der Waals surface area contributed by atoms with E-state index in [4.69, 9.17) is 0 Å². The summed E-state index contributed by atoms with van der Waals surface area (Å²) in [5, 5.41) is 0. The molecule has 1 unspecified atom stereocenters. The topological polar surface area (TPSA) is 0 Å². The summed E-state index contributed by atoms with van der Waals surface area (Å²) in [7, 11) is 0. The molecule has 1 aromatic rings. The molecule has 0 aromatic heterocycles. The summed E-state index contributed by atoms with van der Waals surface area (Å²) in [4.78, 5) is 0. The molecule has 0 bridgehead atoms. The SMILES string of the molecule is CC[C@@H]1CC=C(c2ccc3c(c2)C(C)(C)C2=C3CCCC=C2)C(C)C1. The fourth-order valence-electron chi connectivity index (χ4n) is 5.30. The molecule has 0 N–H and O–H groups in total. The lowest BCUT2D eigenvalue weighted by Gasteiger charge is -2.28. The van der Waals surface area contributed by atoms with Crippen LogP contribution in [0.4, 0.5) is 0 Å². The minimum atomic E-state index is 0.145. The minimum absolute atomic E-state index is 0.145. The summed E-state index contributed by atoms with van der Waals surface area (Å²) in [5.41, 5.74) is 9.44. The number of rotatable bonds is 2. The highest BCUT2D eigenvalue weighted by molar-refractivity contribution is 5.84. The molecule has 0 heteroatoms. The van der Waals surface area contributed by atoms with Crippen LogP contribution in [0.1, 0.15) is 82.9 Å². The van der Waals surface area contributed by atoms with Gasteiger partial charge in [-0.25, -0.2) is 0 Å². The average Bonchev–Trinajstić information content (AvgIpc) is 2.79. The van der Waals surface area contributed by atoms with Crippen molar-refractivity contribution < 1.29 is 0 Å². The molecule has 0 aliphatic heterocycles. The Labute approximate surface area is 153 Å². The van der Waals surface area contributed by atoms with Crippen molar-refractivity contribution >= 4 is 11.1 Å². The number of hydrogen-bond donors (Lipinski definition) is 0. The molecule has 25 heavy (non-hydrogen) atoms. The van der Waals surface area contributed by atoms with E-state index in [1.54, 1.807) is 22.3 Å². The first kappa shape index (κ1) is 16.9. The van der Waals surface area contributed by atoms with Crippen molar-refractivity contribution in [2.45, 2.75) is 71.6 Å². The van der Waals surface area contributed by atoms with Gasteiger partial charge in [0.15, 0.2) is 0 Å². The Hall–Kier alpha value is -1.56. The highest BCUT2D eigenvalue weighted by Crippen LogP contribution is 2.50. The Morgan fingerprint density at radius 3 is 2.80 bits per heavy atom. The van der Waals surface area contributed by atoms with E-state index in [1.165, 1.54) is 49.7 Å². The van der Waals surface area contributed by atoms with Crippen molar-refractivity contribution in [3.05, 3.63) is 58.7 Å². The first-order valence-corrected chi connectivity index (χ1v) is 10.3. The van der Waals surface area contributed by atoms with E-state index in [1.807, 2.05) is 0 Å². The van der Waals surface area contributed by atoms with Gasteiger partial charge in [0, 0.05) is 5.41 Å². The van der Waals surface area contributed by atoms with Gasteiger partial charge >= 0.3 is 0 Å². The Morgan fingerprint density at radius 2 is 2.04 bits per heavy atom. The number of fused-ring (bicyclic) bond motifs is 2. The molecule has 4 rings (SSSR count). The van der Waals surface area contributed by atoms with Crippen LogP contribution in [0.5, 0.6) is 0 Å². The van der Waals surface area contributed by atoms with E-state index in [2.05, 4.69) is 64.1 Å². The van der Waals surface area contributed by atoms with E-state index in [-0.39, 0.29) is 5.41 Å². The quantitative estimate of drug-likeness (QED) is 0.532. The van der Waals surface area contributed by atoms with Gasteiger partial charge < -0.3 is 0 Å². The molecule has 3 aliphatic carbocycles. The Balaban J connectivity index is 1.74. The zero-order chi connectivity index (χ0) is 17.6. The highest BCUT2D eigenvalue weighted by atomic mass is 14.4. The Bertz CT molecular complexity index is 769.